The molecule has 0 saturated heterocycles. The Morgan fingerprint density at radius 1 is 1.00 bits per heavy atom. The van der Waals surface area contributed by atoms with Crippen LogP contribution in [0.2, 0.25) is 0 Å². The van der Waals surface area contributed by atoms with Crippen molar-refractivity contribution in [2.24, 2.45) is 0 Å². The molecule has 0 radical (unpaired) electrons. The maximum Gasteiger partial charge on any atom is 0.260 e. The van der Waals surface area contributed by atoms with Crippen LogP contribution < -0.4 is 4.90 Å². The predicted molar refractivity (Wildman–Crippen MR) is 129 cm³/mol. The van der Waals surface area contributed by atoms with E-state index in [9.17, 15) is 13.2 Å². The van der Waals surface area contributed by atoms with Crippen molar-refractivity contribution in [3.8, 4) is 0 Å². The summed E-state index contributed by atoms with van der Waals surface area (Å²) in [5, 5.41) is 0.632. The Morgan fingerprint density at radius 3 is 2.23 bits per heavy atom. The Balaban J connectivity index is 0.00000341. The second-order valence-corrected chi connectivity index (χ2v) is 10.7. The number of fused-ring (bicyclic) bond motifs is 1. The SMILES string of the molecule is Cc1ccc2nc(N(CCN(C)C)C(=O)c3ccc(S(=O)(=O)N(C)C)cc3)sc2c1.Cl. The molecule has 0 N–H and O–H groups in total. The van der Waals surface area contributed by atoms with Gasteiger partial charge in [-0.25, -0.2) is 17.7 Å². The second kappa shape index (κ2) is 10.1. The number of likely N-dealkylation sites (N-methyl/N-ethyl adjacent to an activating group) is 1. The molecular formula is C21H27ClN4O3S2. The van der Waals surface area contributed by atoms with Crippen molar-refractivity contribution in [1.29, 1.82) is 0 Å². The zero-order valence-electron chi connectivity index (χ0n) is 18.2. The van der Waals surface area contributed by atoms with Gasteiger partial charge in [0, 0.05) is 32.7 Å². The third kappa shape index (κ3) is 5.61. The van der Waals surface area contributed by atoms with Gasteiger partial charge in [-0.2, -0.15) is 0 Å². The van der Waals surface area contributed by atoms with E-state index in [2.05, 4.69) is 11.1 Å². The number of carbonyl (C=O) groups is 1. The summed E-state index contributed by atoms with van der Waals surface area (Å²) in [5.41, 5.74) is 2.42. The topological polar surface area (TPSA) is 73.8 Å². The Labute approximate surface area is 193 Å². The van der Waals surface area contributed by atoms with Crippen molar-refractivity contribution in [3.05, 3.63) is 53.6 Å². The van der Waals surface area contributed by atoms with E-state index in [1.807, 2.05) is 38.1 Å². The summed E-state index contributed by atoms with van der Waals surface area (Å²) in [5.74, 6) is -0.207. The molecule has 0 atom stereocenters. The van der Waals surface area contributed by atoms with Gasteiger partial charge in [0.1, 0.15) is 0 Å². The maximum absolute atomic E-state index is 13.3. The summed E-state index contributed by atoms with van der Waals surface area (Å²) in [6.07, 6.45) is 0. The average molecular weight is 483 g/mol. The fourth-order valence-electron chi connectivity index (χ4n) is 2.86. The molecule has 0 saturated carbocycles. The molecule has 1 amide bonds. The Morgan fingerprint density at radius 2 is 1.65 bits per heavy atom. The maximum atomic E-state index is 13.3. The van der Waals surface area contributed by atoms with E-state index in [1.165, 1.54) is 37.6 Å². The van der Waals surface area contributed by atoms with Gasteiger partial charge in [-0.15, -0.1) is 12.4 Å². The highest BCUT2D eigenvalue weighted by Crippen LogP contribution is 2.30. The smallest absolute Gasteiger partial charge is 0.260 e. The summed E-state index contributed by atoms with van der Waals surface area (Å²) in [4.78, 5) is 21.8. The van der Waals surface area contributed by atoms with Gasteiger partial charge in [0.05, 0.1) is 15.1 Å². The van der Waals surface area contributed by atoms with Crippen molar-refractivity contribution < 1.29 is 13.2 Å². The quantitative estimate of drug-likeness (QED) is 0.515. The van der Waals surface area contributed by atoms with Crippen molar-refractivity contribution in [1.82, 2.24) is 14.2 Å². The molecule has 0 aliphatic heterocycles. The Kier molecular flexibility index (Phi) is 8.18. The fourth-order valence-corrected chi connectivity index (χ4v) is 4.85. The molecule has 0 aliphatic carbocycles. The second-order valence-electron chi connectivity index (χ2n) is 7.54. The third-order valence-corrected chi connectivity index (χ3v) is 7.53. The van der Waals surface area contributed by atoms with Gasteiger partial charge in [-0.3, -0.25) is 9.69 Å². The van der Waals surface area contributed by atoms with Gasteiger partial charge < -0.3 is 4.90 Å². The fraction of sp³-hybridized carbons (Fsp3) is 0.333. The van der Waals surface area contributed by atoms with Crippen LogP contribution in [0, 0.1) is 6.92 Å². The lowest BCUT2D eigenvalue weighted by Gasteiger charge is -2.22. The first-order chi connectivity index (χ1) is 14.1. The highest BCUT2D eigenvalue weighted by Gasteiger charge is 2.23. The van der Waals surface area contributed by atoms with Gasteiger partial charge in [0.25, 0.3) is 5.91 Å². The van der Waals surface area contributed by atoms with Crippen molar-refractivity contribution in [2.75, 3.05) is 46.2 Å². The van der Waals surface area contributed by atoms with Crippen molar-refractivity contribution >= 4 is 55.0 Å². The van der Waals surface area contributed by atoms with Crippen LogP contribution in [0.4, 0.5) is 5.13 Å². The lowest BCUT2D eigenvalue weighted by molar-refractivity contribution is 0.0985. The molecule has 2 aromatic carbocycles. The summed E-state index contributed by atoms with van der Waals surface area (Å²) in [7, 11) is 3.31. The third-order valence-electron chi connectivity index (χ3n) is 4.66. The van der Waals surface area contributed by atoms with Crippen molar-refractivity contribution in [3.63, 3.8) is 0 Å². The minimum atomic E-state index is -3.54. The molecule has 168 valence electrons. The zero-order chi connectivity index (χ0) is 22.1. The van der Waals surface area contributed by atoms with Crippen LogP contribution in [-0.4, -0.2) is 69.8 Å². The number of aromatic nitrogens is 1. The van der Waals surface area contributed by atoms with Crippen LogP contribution in [0.25, 0.3) is 10.2 Å². The van der Waals surface area contributed by atoms with Crippen LogP contribution >= 0.6 is 23.7 Å². The number of thiazole rings is 1. The van der Waals surface area contributed by atoms with E-state index in [1.54, 1.807) is 17.0 Å². The van der Waals surface area contributed by atoms with Crippen LogP contribution in [0.5, 0.6) is 0 Å². The highest BCUT2D eigenvalue weighted by molar-refractivity contribution is 7.89. The normalized spacial score (nSPS) is 11.7. The number of aryl methyl sites for hydroxylation is 1. The molecule has 1 aromatic heterocycles. The van der Waals surface area contributed by atoms with Crippen molar-refractivity contribution in [2.45, 2.75) is 11.8 Å². The van der Waals surface area contributed by atoms with E-state index < -0.39 is 10.0 Å². The standard InChI is InChI=1S/C21H26N4O3S2.ClH/c1-15-6-11-18-19(14-15)29-21(22-18)25(13-12-23(2)3)20(26)16-7-9-17(10-8-16)30(27,28)24(4)5;/h6-11,14H,12-13H2,1-5H3;1H. The monoisotopic (exact) mass is 482 g/mol. The zero-order valence-corrected chi connectivity index (χ0v) is 20.6. The van der Waals surface area contributed by atoms with Gasteiger partial charge in [-0.05, 0) is 63.0 Å². The molecule has 0 unspecified atom stereocenters. The largest absolute Gasteiger partial charge is 0.308 e. The molecule has 0 spiro atoms. The van der Waals surface area contributed by atoms with Crippen LogP contribution in [0.15, 0.2) is 47.4 Å². The van der Waals surface area contributed by atoms with Gasteiger partial charge in [-0.1, -0.05) is 17.4 Å². The Hall–Kier alpha value is -2.04. The average Bonchev–Trinajstić information content (AvgIpc) is 3.10. The summed E-state index contributed by atoms with van der Waals surface area (Å²) in [6, 6.07) is 12.1. The lowest BCUT2D eigenvalue weighted by atomic mass is 10.2. The van der Waals surface area contributed by atoms with Crippen LogP contribution in [0.1, 0.15) is 15.9 Å². The number of benzene rings is 2. The molecular weight excluding hydrogens is 456 g/mol. The van der Waals surface area contributed by atoms with Gasteiger partial charge in [0.2, 0.25) is 10.0 Å². The number of hydrogen-bond donors (Lipinski definition) is 0. The molecule has 0 fully saturated rings. The minimum absolute atomic E-state index is 0. The minimum Gasteiger partial charge on any atom is -0.308 e. The number of nitrogens with zero attached hydrogens (tertiary/aromatic N) is 4. The number of carbonyl (C=O) groups excluding carboxylic acids is 1. The van der Waals surface area contributed by atoms with E-state index in [0.717, 1.165) is 20.1 Å². The molecule has 3 aromatic rings. The molecule has 3 rings (SSSR count). The number of anilines is 1. The van der Waals surface area contributed by atoms with E-state index in [0.29, 0.717) is 23.8 Å². The van der Waals surface area contributed by atoms with Crippen LogP contribution in [-0.2, 0) is 10.0 Å². The molecule has 10 heteroatoms. The predicted octanol–water partition coefficient (Wildman–Crippen LogP) is 3.49. The van der Waals surface area contributed by atoms with E-state index in [-0.39, 0.29) is 23.2 Å². The first-order valence-corrected chi connectivity index (χ1v) is 11.7. The summed E-state index contributed by atoms with van der Waals surface area (Å²) in [6.45, 7) is 3.17. The molecule has 1 heterocycles. The summed E-state index contributed by atoms with van der Waals surface area (Å²) < 4.78 is 26.8. The molecule has 0 bridgehead atoms. The van der Waals surface area contributed by atoms with E-state index >= 15 is 0 Å². The summed E-state index contributed by atoms with van der Waals surface area (Å²) >= 11 is 1.48. The lowest BCUT2D eigenvalue weighted by Crippen LogP contribution is -2.36. The molecule has 7 nitrogen and oxygen atoms in total. The van der Waals surface area contributed by atoms with Gasteiger partial charge >= 0.3 is 0 Å². The number of halogens is 1. The number of amides is 1. The first-order valence-electron chi connectivity index (χ1n) is 9.46. The number of hydrogen-bond acceptors (Lipinski definition) is 6. The highest BCUT2D eigenvalue weighted by atomic mass is 35.5. The first kappa shape index (κ1) is 25.2. The van der Waals surface area contributed by atoms with E-state index in [4.69, 9.17) is 0 Å². The van der Waals surface area contributed by atoms with Crippen LogP contribution in [0.3, 0.4) is 0 Å². The van der Waals surface area contributed by atoms with Gasteiger partial charge in [0.15, 0.2) is 5.13 Å². The number of sulfonamides is 1. The number of rotatable bonds is 7. The Bertz CT molecular complexity index is 1160. The molecule has 31 heavy (non-hydrogen) atoms. The molecule has 0 aliphatic rings.